The van der Waals surface area contributed by atoms with Gasteiger partial charge in [-0.15, -0.1) is 0 Å². The van der Waals surface area contributed by atoms with E-state index in [9.17, 15) is 4.79 Å². The van der Waals surface area contributed by atoms with E-state index in [0.29, 0.717) is 13.1 Å². The Balaban J connectivity index is 1.72. The van der Waals surface area contributed by atoms with Crippen molar-refractivity contribution in [3.8, 4) is 0 Å². The Hall–Kier alpha value is -2.10. The zero-order valence-corrected chi connectivity index (χ0v) is 12.0. The molecular weight excluding hydrogens is 250 g/mol. The topological polar surface area (TPSA) is 38.1 Å². The first kappa shape index (κ1) is 12.9. The van der Waals surface area contributed by atoms with E-state index in [0.717, 1.165) is 24.4 Å². The summed E-state index contributed by atoms with van der Waals surface area (Å²) in [4.78, 5) is 14.3. The van der Waals surface area contributed by atoms with Crippen molar-refractivity contribution in [2.24, 2.45) is 0 Å². The summed E-state index contributed by atoms with van der Waals surface area (Å²) in [6.07, 6.45) is 0.943. The molecule has 0 aliphatic carbocycles. The van der Waals surface area contributed by atoms with Crippen LogP contribution in [0.15, 0.2) is 30.3 Å². The van der Waals surface area contributed by atoms with Crippen LogP contribution >= 0.6 is 0 Å². The summed E-state index contributed by atoms with van der Waals surface area (Å²) in [5.74, 6) is 0.144. The maximum Gasteiger partial charge on any atom is 0.244 e. The van der Waals surface area contributed by atoms with Crippen LogP contribution in [-0.2, 0) is 24.3 Å². The molecule has 1 aliphatic heterocycles. The van der Waals surface area contributed by atoms with Crippen molar-refractivity contribution < 1.29 is 4.79 Å². The molecule has 0 unspecified atom stereocenters. The third-order valence-corrected chi connectivity index (χ3v) is 3.87. The maximum atomic E-state index is 12.4. The van der Waals surface area contributed by atoms with Crippen molar-refractivity contribution in [3.05, 3.63) is 52.8 Å². The number of rotatable bonds is 2. The second-order valence-corrected chi connectivity index (χ2v) is 5.42. The molecule has 4 heteroatoms. The van der Waals surface area contributed by atoms with Gasteiger partial charge in [-0.1, -0.05) is 24.3 Å². The zero-order valence-electron chi connectivity index (χ0n) is 12.0. The summed E-state index contributed by atoms with van der Waals surface area (Å²) in [6.45, 7) is 5.79. The van der Waals surface area contributed by atoms with Crippen LogP contribution in [0.25, 0.3) is 0 Å². The van der Waals surface area contributed by atoms with Gasteiger partial charge in [0.15, 0.2) is 0 Å². The molecule has 3 rings (SSSR count). The van der Waals surface area contributed by atoms with Crippen molar-refractivity contribution in [2.75, 3.05) is 6.54 Å². The first-order valence-corrected chi connectivity index (χ1v) is 6.99. The molecule has 2 aromatic rings. The third kappa shape index (κ3) is 2.46. The van der Waals surface area contributed by atoms with E-state index in [1.807, 2.05) is 30.9 Å². The molecule has 1 aromatic heterocycles. The lowest BCUT2D eigenvalue weighted by atomic mass is 10.00. The molecule has 0 spiro atoms. The minimum absolute atomic E-state index is 0.144. The van der Waals surface area contributed by atoms with Gasteiger partial charge < -0.3 is 4.90 Å². The molecule has 0 atom stereocenters. The Kier molecular flexibility index (Phi) is 3.30. The van der Waals surface area contributed by atoms with Gasteiger partial charge in [0.1, 0.15) is 6.54 Å². The van der Waals surface area contributed by atoms with Crippen LogP contribution in [0.5, 0.6) is 0 Å². The summed E-state index contributed by atoms with van der Waals surface area (Å²) in [7, 11) is 0. The quantitative estimate of drug-likeness (QED) is 0.837. The molecule has 0 bridgehead atoms. The van der Waals surface area contributed by atoms with Crippen LogP contribution in [-0.4, -0.2) is 27.1 Å². The second-order valence-electron chi connectivity index (χ2n) is 5.42. The average Bonchev–Trinajstić information content (AvgIpc) is 2.76. The van der Waals surface area contributed by atoms with Gasteiger partial charge >= 0.3 is 0 Å². The van der Waals surface area contributed by atoms with E-state index >= 15 is 0 Å². The average molecular weight is 269 g/mol. The van der Waals surface area contributed by atoms with Crippen LogP contribution in [0.3, 0.4) is 0 Å². The molecule has 20 heavy (non-hydrogen) atoms. The molecule has 1 amide bonds. The van der Waals surface area contributed by atoms with Crippen molar-refractivity contribution >= 4 is 5.91 Å². The van der Waals surface area contributed by atoms with Gasteiger partial charge in [0, 0.05) is 18.8 Å². The van der Waals surface area contributed by atoms with E-state index in [2.05, 4.69) is 23.3 Å². The van der Waals surface area contributed by atoms with Gasteiger partial charge in [-0.05, 0) is 37.5 Å². The predicted molar refractivity (Wildman–Crippen MR) is 77.3 cm³/mol. The van der Waals surface area contributed by atoms with E-state index in [1.165, 1.54) is 11.1 Å². The van der Waals surface area contributed by atoms with Gasteiger partial charge in [0.2, 0.25) is 5.91 Å². The summed E-state index contributed by atoms with van der Waals surface area (Å²) < 4.78 is 1.79. The lowest BCUT2D eigenvalue weighted by Gasteiger charge is -2.29. The molecule has 0 fully saturated rings. The Bertz CT molecular complexity index is 645. The van der Waals surface area contributed by atoms with Crippen LogP contribution < -0.4 is 0 Å². The minimum atomic E-state index is 0.144. The Morgan fingerprint density at radius 3 is 2.70 bits per heavy atom. The van der Waals surface area contributed by atoms with Crippen molar-refractivity contribution in [1.29, 1.82) is 0 Å². The van der Waals surface area contributed by atoms with E-state index in [4.69, 9.17) is 0 Å². The summed E-state index contributed by atoms with van der Waals surface area (Å²) in [5, 5.41) is 4.36. The summed E-state index contributed by atoms with van der Waals surface area (Å²) >= 11 is 0. The number of hydrogen-bond donors (Lipinski definition) is 0. The van der Waals surface area contributed by atoms with E-state index in [-0.39, 0.29) is 5.91 Å². The number of amides is 1. The highest BCUT2D eigenvalue weighted by Gasteiger charge is 2.21. The Morgan fingerprint density at radius 2 is 2.00 bits per heavy atom. The number of aryl methyl sites for hydroxylation is 2. The fraction of sp³-hybridized carbons (Fsp3) is 0.375. The first-order chi connectivity index (χ1) is 9.63. The molecule has 0 saturated heterocycles. The van der Waals surface area contributed by atoms with Crippen LogP contribution in [0, 0.1) is 13.8 Å². The standard InChI is InChI=1S/C16H19N3O/c1-12-9-13(2)19(17-12)11-16(20)18-8-7-14-5-3-4-6-15(14)10-18/h3-6,9H,7-8,10-11H2,1-2H3. The highest BCUT2D eigenvalue weighted by Crippen LogP contribution is 2.18. The van der Waals surface area contributed by atoms with Gasteiger partial charge in [0.25, 0.3) is 0 Å². The summed E-state index contributed by atoms with van der Waals surface area (Å²) in [5.41, 5.74) is 4.62. The van der Waals surface area contributed by atoms with E-state index in [1.54, 1.807) is 4.68 Å². The largest absolute Gasteiger partial charge is 0.336 e. The lowest BCUT2D eigenvalue weighted by Crippen LogP contribution is -2.38. The summed E-state index contributed by atoms with van der Waals surface area (Å²) in [6, 6.07) is 10.4. The molecule has 4 nitrogen and oxygen atoms in total. The number of fused-ring (bicyclic) bond motifs is 1. The highest BCUT2D eigenvalue weighted by atomic mass is 16.2. The number of aromatic nitrogens is 2. The number of benzene rings is 1. The molecule has 0 N–H and O–H groups in total. The second kappa shape index (κ2) is 5.12. The molecular formula is C16H19N3O. The number of carbonyl (C=O) groups is 1. The van der Waals surface area contributed by atoms with Gasteiger partial charge in [-0.3, -0.25) is 9.48 Å². The Morgan fingerprint density at radius 1 is 1.25 bits per heavy atom. The fourth-order valence-electron chi connectivity index (χ4n) is 2.77. The van der Waals surface area contributed by atoms with Crippen molar-refractivity contribution in [3.63, 3.8) is 0 Å². The normalized spacial score (nSPS) is 14.2. The van der Waals surface area contributed by atoms with Crippen molar-refractivity contribution in [2.45, 2.75) is 33.4 Å². The molecule has 1 aliphatic rings. The predicted octanol–water partition coefficient (Wildman–Crippen LogP) is 2.08. The Labute approximate surface area is 119 Å². The fourth-order valence-corrected chi connectivity index (χ4v) is 2.77. The molecule has 1 aromatic carbocycles. The monoisotopic (exact) mass is 269 g/mol. The van der Waals surface area contributed by atoms with Gasteiger partial charge in [-0.2, -0.15) is 5.10 Å². The smallest absolute Gasteiger partial charge is 0.244 e. The minimum Gasteiger partial charge on any atom is -0.336 e. The zero-order chi connectivity index (χ0) is 14.1. The third-order valence-electron chi connectivity index (χ3n) is 3.87. The molecule has 0 radical (unpaired) electrons. The van der Waals surface area contributed by atoms with Gasteiger partial charge in [0.05, 0.1) is 5.69 Å². The maximum absolute atomic E-state index is 12.4. The number of hydrogen-bond acceptors (Lipinski definition) is 2. The first-order valence-electron chi connectivity index (χ1n) is 6.99. The number of nitrogens with zero attached hydrogens (tertiary/aromatic N) is 3. The molecule has 2 heterocycles. The van der Waals surface area contributed by atoms with Crippen LogP contribution in [0.4, 0.5) is 0 Å². The molecule has 0 saturated carbocycles. The van der Waals surface area contributed by atoms with E-state index < -0.39 is 0 Å². The highest BCUT2D eigenvalue weighted by molar-refractivity contribution is 5.76. The lowest BCUT2D eigenvalue weighted by molar-refractivity contribution is -0.133. The van der Waals surface area contributed by atoms with Crippen LogP contribution in [0.2, 0.25) is 0 Å². The number of carbonyl (C=O) groups excluding carboxylic acids is 1. The SMILES string of the molecule is Cc1cc(C)n(CC(=O)N2CCc3ccccc3C2)n1. The van der Waals surface area contributed by atoms with Crippen LogP contribution in [0.1, 0.15) is 22.5 Å². The van der Waals surface area contributed by atoms with Crippen molar-refractivity contribution in [1.82, 2.24) is 14.7 Å². The molecule has 104 valence electrons. The van der Waals surface area contributed by atoms with Gasteiger partial charge in [-0.25, -0.2) is 0 Å².